The van der Waals surface area contributed by atoms with Gasteiger partial charge in [-0.05, 0) is 0 Å². The highest BCUT2D eigenvalue weighted by atomic mass is 32.2. The molecule has 0 aromatic heterocycles. The zero-order chi connectivity index (χ0) is 20.5. The first kappa shape index (κ1) is 20.9. The fraction of sp³-hybridized carbons (Fsp3) is 0.429. The third-order valence-corrected chi connectivity index (χ3v) is 5.75. The van der Waals surface area contributed by atoms with Gasteiger partial charge in [-0.1, -0.05) is 0 Å². The summed E-state index contributed by atoms with van der Waals surface area (Å²) in [6, 6.07) is -1.72. The summed E-state index contributed by atoms with van der Waals surface area (Å²) in [5.41, 5.74) is 0. The van der Waals surface area contributed by atoms with Gasteiger partial charge >= 0.3 is 5.97 Å². The van der Waals surface area contributed by atoms with E-state index in [0.717, 1.165) is 14.2 Å². The van der Waals surface area contributed by atoms with Gasteiger partial charge in [0, 0.05) is 13.1 Å². The molecule has 0 radical (unpaired) electrons. The number of amides is 1. The number of ether oxygens (including phenoxy) is 2. The molecule has 150 valence electrons. The van der Waals surface area contributed by atoms with Gasteiger partial charge in [-0.3, -0.25) is 9.59 Å². The summed E-state index contributed by atoms with van der Waals surface area (Å²) in [5.74, 6) is -11.9. The van der Waals surface area contributed by atoms with Gasteiger partial charge in [0.05, 0.1) is 20.6 Å². The van der Waals surface area contributed by atoms with Crippen LogP contribution in [0, 0.1) is 23.3 Å². The zero-order valence-electron chi connectivity index (χ0n) is 14.0. The number of esters is 1. The molecule has 1 atom stereocenters. The SMILES string of the molecule is COC(=O)CC1C(=O)NCCN1S(=O)(=O)c1c(F)c(F)c(OC)c(F)c1F. The van der Waals surface area contributed by atoms with Crippen LogP contribution in [0.5, 0.6) is 5.75 Å². The first-order valence-electron chi connectivity index (χ1n) is 7.34. The van der Waals surface area contributed by atoms with Gasteiger partial charge < -0.3 is 14.8 Å². The van der Waals surface area contributed by atoms with E-state index in [1.165, 1.54) is 0 Å². The molecule has 1 unspecified atom stereocenters. The second-order valence-electron chi connectivity index (χ2n) is 5.32. The number of sulfonamides is 1. The third-order valence-electron chi connectivity index (χ3n) is 3.82. The van der Waals surface area contributed by atoms with Crippen LogP contribution in [0.1, 0.15) is 6.42 Å². The van der Waals surface area contributed by atoms with Crippen molar-refractivity contribution in [3.8, 4) is 5.75 Å². The van der Waals surface area contributed by atoms with E-state index in [-0.39, 0.29) is 10.8 Å². The summed E-state index contributed by atoms with van der Waals surface area (Å²) >= 11 is 0. The molecule has 1 aliphatic rings. The number of carbonyl (C=O) groups excluding carboxylic acids is 2. The maximum Gasteiger partial charge on any atom is 0.307 e. The van der Waals surface area contributed by atoms with Crippen LogP contribution in [0.2, 0.25) is 0 Å². The fourth-order valence-electron chi connectivity index (χ4n) is 2.53. The Labute approximate surface area is 151 Å². The minimum atomic E-state index is -5.25. The molecule has 1 N–H and O–H groups in total. The van der Waals surface area contributed by atoms with Crippen molar-refractivity contribution < 1.29 is 45.0 Å². The van der Waals surface area contributed by atoms with Crippen molar-refractivity contribution in [2.24, 2.45) is 0 Å². The fourth-order valence-corrected chi connectivity index (χ4v) is 4.24. The molecule has 0 bridgehead atoms. The first-order valence-corrected chi connectivity index (χ1v) is 8.78. The summed E-state index contributed by atoms with van der Waals surface area (Å²) in [4.78, 5) is 21.5. The predicted octanol–water partition coefficient (Wildman–Crippen LogP) is 0.304. The van der Waals surface area contributed by atoms with Gasteiger partial charge in [-0.25, -0.2) is 17.2 Å². The number of rotatable bonds is 5. The highest BCUT2D eigenvalue weighted by Crippen LogP contribution is 2.34. The number of carbonyl (C=O) groups is 2. The number of halogens is 4. The molecule has 1 aliphatic heterocycles. The average molecular weight is 414 g/mol. The highest BCUT2D eigenvalue weighted by Gasteiger charge is 2.44. The van der Waals surface area contributed by atoms with Gasteiger partial charge in [-0.2, -0.15) is 13.1 Å². The van der Waals surface area contributed by atoms with E-state index < -0.39 is 74.8 Å². The van der Waals surface area contributed by atoms with Crippen molar-refractivity contribution in [1.29, 1.82) is 0 Å². The molecule has 1 saturated heterocycles. The molecule has 1 aromatic rings. The number of benzene rings is 1. The van der Waals surface area contributed by atoms with Gasteiger partial charge in [0.15, 0.2) is 22.3 Å². The topological polar surface area (TPSA) is 102 Å². The van der Waals surface area contributed by atoms with E-state index in [1.807, 2.05) is 0 Å². The van der Waals surface area contributed by atoms with Crippen LogP contribution in [0.3, 0.4) is 0 Å². The predicted molar refractivity (Wildman–Crippen MR) is 80.1 cm³/mol. The molecule has 1 amide bonds. The van der Waals surface area contributed by atoms with Crippen molar-refractivity contribution in [1.82, 2.24) is 9.62 Å². The molecule has 0 aliphatic carbocycles. The summed E-state index contributed by atoms with van der Waals surface area (Å²) < 4.78 is 90.5. The molecule has 1 heterocycles. The summed E-state index contributed by atoms with van der Waals surface area (Å²) in [6.07, 6.45) is -0.772. The van der Waals surface area contributed by atoms with Crippen LogP contribution in [-0.4, -0.2) is 58.0 Å². The molecular weight excluding hydrogens is 400 g/mol. The largest absolute Gasteiger partial charge is 0.491 e. The first-order chi connectivity index (χ1) is 12.6. The normalized spacial score (nSPS) is 18.1. The van der Waals surface area contributed by atoms with E-state index in [9.17, 15) is 35.6 Å². The number of nitrogens with one attached hydrogen (secondary N) is 1. The van der Waals surface area contributed by atoms with E-state index in [2.05, 4.69) is 14.8 Å². The lowest BCUT2D eigenvalue weighted by Gasteiger charge is -2.33. The molecule has 0 saturated carbocycles. The zero-order valence-corrected chi connectivity index (χ0v) is 14.8. The van der Waals surface area contributed by atoms with Crippen LogP contribution >= 0.6 is 0 Å². The average Bonchev–Trinajstić information content (AvgIpc) is 2.62. The van der Waals surface area contributed by atoms with Gasteiger partial charge in [0.25, 0.3) is 0 Å². The second-order valence-corrected chi connectivity index (χ2v) is 7.15. The quantitative estimate of drug-likeness (QED) is 0.423. The number of methoxy groups -OCH3 is 2. The number of piperazine rings is 1. The van der Waals surface area contributed by atoms with Crippen molar-refractivity contribution in [2.45, 2.75) is 17.4 Å². The smallest absolute Gasteiger partial charge is 0.307 e. The van der Waals surface area contributed by atoms with E-state index in [1.54, 1.807) is 0 Å². The maximum absolute atomic E-state index is 14.2. The van der Waals surface area contributed by atoms with Crippen LogP contribution in [0.4, 0.5) is 17.6 Å². The van der Waals surface area contributed by atoms with Crippen LogP contribution in [-0.2, 0) is 24.3 Å². The molecule has 0 spiro atoms. The molecule has 1 aromatic carbocycles. The molecule has 8 nitrogen and oxygen atoms in total. The standard InChI is InChI=1S/C14H14F4N2O6S/c1-25-7(21)5-6-14(22)19-3-4-20(6)27(23,24)13-10(17)8(15)12(26-2)9(16)11(13)18/h6H,3-5H2,1-2H3,(H,19,22). The van der Waals surface area contributed by atoms with E-state index in [4.69, 9.17) is 0 Å². The van der Waals surface area contributed by atoms with Crippen molar-refractivity contribution in [3.63, 3.8) is 0 Å². The minimum Gasteiger partial charge on any atom is -0.491 e. The Bertz CT molecular complexity index is 863. The van der Waals surface area contributed by atoms with Crippen LogP contribution < -0.4 is 10.1 Å². The Balaban J connectivity index is 2.63. The highest BCUT2D eigenvalue weighted by molar-refractivity contribution is 7.89. The monoisotopic (exact) mass is 414 g/mol. The van der Waals surface area contributed by atoms with Crippen molar-refractivity contribution >= 4 is 21.9 Å². The Morgan fingerprint density at radius 2 is 1.70 bits per heavy atom. The van der Waals surface area contributed by atoms with Crippen molar-refractivity contribution in [2.75, 3.05) is 27.3 Å². The number of hydrogen-bond acceptors (Lipinski definition) is 6. The molecule has 27 heavy (non-hydrogen) atoms. The Hall–Kier alpha value is -2.41. The molecule has 13 heteroatoms. The number of hydrogen-bond donors (Lipinski definition) is 1. The van der Waals surface area contributed by atoms with Crippen LogP contribution in [0.25, 0.3) is 0 Å². The Morgan fingerprint density at radius 1 is 1.15 bits per heavy atom. The maximum atomic E-state index is 14.2. The van der Waals surface area contributed by atoms with Crippen LogP contribution in [0.15, 0.2) is 4.90 Å². The van der Waals surface area contributed by atoms with Gasteiger partial charge in [0.2, 0.25) is 27.6 Å². The summed E-state index contributed by atoms with van der Waals surface area (Å²) in [6.45, 7) is -0.746. The van der Waals surface area contributed by atoms with Gasteiger partial charge in [-0.15, -0.1) is 0 Å². The lowest BCUT2D eigenvalue weighted by Crippen LogP contribution is -2.57. The van der Waals surface area contributed by atoms with E-state index in [0.29, 0.717) is 0 Å². The third kappa shape index (κ3) is 3.56. The van der Waals surface area contributed by atoms with Gasteiger partial charge in [0.1, 0.15) is 6.04 Å². The lowest BCUT2D eigenvalue weighted by molar-refractivity contribution is -0.144. The number of nitrogens with zero attached hydrogens (tertiary/aromatic N) is 1. The molecule has 2 rings (SSSR count). The minimum absolute atomic E-state index is 0.250. The summed E-state index contributed by atoms with van der Waals surface area (Å²) in [5, 5.41) is 2.28. The molecule has 1 fully saturated rings. The summed E-state index contributed by atoms with van der Waals surface area (Å²) in [7, 11) is -3.54. The Kier molecular flexibility index (Phi) is 5.94. The van der Waals surface area contributed by atoms with E-state index >= 15 is 0 Å². The second kappa shape index (κ2) is 7.68. The lowest BCUT2D eigenvalue weighted by atomic mass is 10.1. The molecular formula is C14H14F4N2O6S. The van der Waals surface area contributed by atoms with Crippen molar-refractivity contribution in [3.05, 3.63) is 23.3 Å². The Morgan fingerprint density at radius 3 is 2.19 bits per heavy atom.